The molecule has 6 nitrogen and oxygen atoms in total. The Labute approximate surface area is 301 Å². The van der Waals surface area contributed by atoms with Gasteiger partial charge in [0.05, 0.1) is 27.5 Å². The third-order valence-corrected chi connectivity index (χ3v) is 9.24. The largest absolute Gasteiger partial charge is 0.158 e. The van der Waals surface area contributed by atoms with Crippen LogP contribution in [0.4, 0.5) is 0 Å². The maximum absolute atomic E-state index is 4.63. The van der Waals surface area contributed by atoms with Crippen molar-refractivity contribution in [3.8, 4) is 11.1 Å². The molecule has 0 spiro atoms. The number of aromatic amines is 2. The number of thiophene rings is 1. The van der Waals surface area contributed by atoms with Crippen molar-refractivity contribution in [1.29, 1.82) is 0 Å². The number of aromatic nitrogens is 6. The summed E-state index contributed by atoms with van der Waals surface area (Å²) >= 11 is 3.07. The van der Waals surface area contributed by atoms with Gasteiger partial charge in [0.2, 0.25) is 0 Å². The van der Waals surface area contributed by atoms with Crippen LogP contribution in [0.25, 0.3) is 67.0 Å². The minimum Gasteiger partial charge on any atom is -0.127 e. The van der Waals surface area contributed by atoms with Crippen molar-refractivity contribution < 1.29 is 0 Å². The summed E-state index contributed by atoms with van der Waals surface area (Å²) < 4.78 is 4.95. The fraction of sp³-hybridized carbons (Fsp3) is 0.0270. The molecular formula is C37H32N6S2SiSn. The molecule has 2 aliphatic heterocycles. The Hall–Kier alpha value is -4.42. The van der Waals surface area contributed by atoms with Crippen LogP contribution < -0.4 is 0 Å². The molecule has 2 aromatic carbocycles. The molecule has 0 fully saturated rings. The predicted octanol–water partition coefficient (Wildman–Crippen LogP) is 7.30. The van der Waals surface area contributed by atoms with Gasteiger partial charge in [-0.2, -0.15) is 0 Å². The Morgan fingerprint density at radius 1 is 0.553 bits per heavy atom. The van der Waals surface area contributed by atoms with Gasteiger partial charge in [0.15, 0.2) is 4.83 Å². The first-order valence-electron chi connectivity index (χ1n) is 14.6. The number of H-pyrrole nitrogens is 2. The van der Waals surface area contributed by atoms with Crippen LogP contribution in [0.15, 0.2) is 109 Å². The van der Waals surface area contributed by atoms with Crippen LogP contribution in [0.1, 0.15) is 33.9 Å². The van der Waals surface area contributed by atoms with Crippen molar-refractivity contribution in [2.45, 2.75) is 6.42 Å². The average Bonchev–Trinajstić information content (AvgIpc) is 3.89. The molecule has 0 atom stereocenters. The molecule has 47 heavy (non-hydrogen) atoms. The van der Waals surface area contributed by atoms with Gasteiger partial charge in [-0.15, -0.1) is 16.4 Å². The third kappa shape index (κ3) is 7.44. The van der Waals surface area contributed by atoms with Crippen molar-refractivity contribution in [3.63, 3.8) is 0 Å². The van der Waals surface area contributed by atoms with E-state index in [9.17, 15) is 0 Å². The SMILES string of the molecule is C1=Cc2cc3ccc(cc4nc(cc5ccc(cc1n2)[nH]5)C=C4)[nH]3.[SiH4].[SnH2].c1cc2snnc2s1.c1ccc2c(c1)Cc1ccccc1-2. The number of hydrogen-bond acceptors (Lipinski definition) is 6. The molecule has 5 aromatic heterocycles. The molecule has 0 amide bonds. The van der Waals surface area contributed by atoms with Gasteiger partial charge >= 0.3 is 23.9 Å². The number of nitrogens with zero attached hydrogens (tertiary/aromatic N) is 4. The normalized spacial score (nSPS) is 11.7. The van der Waals surface area contributed by atoms with Gasteiger partial charge in [-0.3, -0.25) is 0 Å². The van der Waals surface area contributed by atoms with E-state index in [0.717, 1.165) is 56.1 Å². The van der Waals surface area contributed by atoms with Gasteiger partial charge < -0.3 is 9.97 Å². The van der Waals surface area contributed by atoms with E-state index < -0.39 is 0 Å². The van der Waals surface area contributed by atoms with Crippen molar-refractivity contribution in [2.24, 2.45) is 0 Å². The maximum atomic E-state index is 4.63. The van der Waals surface area contributed by atoms with Crippen molar-refractivity contribution >= 4 is 114 Å². The van der Waals surface area contributed by atoms with Crippen LogP contribution in [0.5, 0.6) is 0 Å². The minimum absolute atomic E-state index is 0. The summed E-state index contributed by atoms with van der Waals surface area (Å²) in [5.41, 5.74) is 13.6. The second kappa shape index (κ2) is 14.6. The molecule has 230 valence electrons. The van der Waals surface area contributed by atoms with Crippen LogP contribution >= 0.6 is 22.9 Å². The van der Waals surface area contributed by atoms with E-state index in [0.29, 0.717) is 0 Å². The first kappa shape index (κ1) is 32.5. The number of hydrogen-bond donors (Lipinski definition) is 2. The van der Waals surface area contributed by atoms with Crippen LogP contribution in [-0.2, 0) is 6.42 Å². The number of nitrogens with one attached hydrogen (secondary N) is 2. The summed E-state index contributed by atoms with van der Waals surface area (Å²) in [6.07, 6.45) is 9.19. The van der Waals surface area contributed by atoms with Gasteiger partial charge in [-0.1, -0.05) is 53.0 Å². The first-order valence-corrected chi connectivity index (χ1v) is 16.2. The van der Waals surface area contributed by atoms with E-state index in [1.165, 1.54) is 38.5 Å². The smallest absolute Gasteiger partial charge is 0.127 e. The van der Waals surface area contributed by atoms with E-state index in [2.05, 4.69) is 102 Å². The van der Waals surface area contributed by atoms with Crippen LogP contribution in [0, 0.1) is 0 Å². The monoisotopic (exact) mass is 772 g/mol. The Bertz CT molecular complexity index is 2130. The summed E-state index contributed by atoms with van der Waals surface area (Å²) in [7, 11) is 0. The quantitative estimate of drug-likeness (QED) is 0.159. The number of benzene rings is 2. The molecule has 0 saturated heterocycles. The molecule has 7 aromatic rings. The summed E-state index contributed by atoms with van der Waals surface area (Å²) in [4.78, 5) is 17.1. The van der Waals surface area contributed by atoms with Crippen molar-refractivity contribution in [2.75, 3.05) is 0 Å². The number of fused-ring (bicyclic) bond motifs is 12. The summed E-state index contributed by atoms with van der Waals surface area (Å²) in [6, 6.07) is 35.7. The molecule has 1 aliphatic carbocycles. The third-order valence-electron chi connectivity index (χ3n) is 7.63. The fourth-order valence-corrected chi connectivity index (χ4v) is 7.01. The van der Waals surface area contributed by atoms with E-state index in [1.54, 1.807) is 11.3 Å². The Balaban J connectivity index is 0.000000140. The molecule has 7 heterocycles. The second-order valence-electron chi connectivity index (χ2n) is 10.8. The van der Waals surface area contributed by atoms with E-state index in [4.69, 9.17) is 0 Å². The van der Waals surface area contributed by atoms with Crippen LogP contribution in [0.2, 0.25) is 0 Å². The van der Waals surface area contributed by atoms with Gasteiger partial charge in [0.1, 0.15) is 0 Å². The van der Waals surface area contributed by atoms with E-state index in [1.807, 2.05) is 60.0 Å². The molecule has 10 rings (SSSR count). The Morgan fingerprint density at radius 3 is 1.45 bits per heavy atom. The molecule has 2 radical (unpaired) electrons. The zero-order valence-electron chi connectivity index (χ0n) is 24.7. The van der Waals surface area contributed by atoms with Crippen LogP contribution in [-0.4, -0.2) is 64.4 Å². The molecule has 3 aliphatic rings. The maximum Gasteiger partial charge on any atom is 0.158 e. The standard InChI is InChI=1S/C20H14N4.C13H10.C4H2N2S2.H4Si.Sn.2H/c1-2-14-10-16-5-6-18(23-16)12-20-8-7-19(24-20)11-17-4-3-15(22-17)9-13(1)21-14;1-3-7-12-10(5-1)9-11-6-2-4-8-13(11)12;1-2-7-4-3(1)8-6-5-4;;;;/h1-12,21,24H;1-8H,9H2;1-2H;1H4;;;. The van der Waals surface area contributed by atoms with Crippen molar-refractivity contribution in [1.82, 2.24) is 29.5 Å². The van der Waals surface area contributed by atoms with Gasteiger partial charge in [-0.05, 0) is 135 Å². The van der Waals surface area contributed by atoms with Gasteiger partial charge in [-0.25, -0.2) is 9.97 Å². The van der Waals surface area contributed by atoms with Crippen LogP contribution in [0.3, 0.4) is 0 Å². The zero-order chi connectivity index (χ0) is 30.0. The first-order chi connectivity index (χ1) is 22.2. The molecule has 0 saturated carbocycles. The van der Waals surface area contributed by atoms with E-state index >= 15 is 0 Å². The fourth-order valence-electron chi connectivity index (χ4n) is 5.56. The average molecular weight is 772 g/mol. The molecular weight excluding hydrogens is 739 g/mol. The zero-order valence-corrected chi connectivity index (χ0v) is 30.4. The number of rotatable bonds is 0. The van der Waals surface area contributed by atoms with Gasteiger partial charge in [0.25, 0.3) is 0 Å². The topological polar surface area (TPSA) is 83.1 Å². The minimum atomic E-state index is 0. The van der Waals surface area contributed by atoms with E-state index in [-0.39, 0.29) is 34.9 Å². The Kier molecular flexibility index (Phi) is 10.1. The molecule has 8 bridgehead atoms. The molecule has 2 N–H and O–H groups in total. The molecule has 10 heteroatoms. The second-order valence-corrected chi connectivity index (χ2v) is 12.4. The summed E-state index contributed by atoms with van der Waals surface area (Å²) in [5, 5.41) is 5.89. The predicted molar refractivity (Wildman–Crippen MR) is 209 cm³/mol. The summed E-state index contributed by atoms with van der Waals surface area (Å²) in [5.74, 6) is 0. The molecule has 0 unspecified atom stereocenters. The Morgan fingerprint density at radius 2 is 1.00 bits per heavy atom. The summed E-state index contributed by atoms with van der Waals surface area (Å²) in [6.45, 7) is 0. The van der Waals surface area contributed by atoms with Crippen molar-refractivity contribution in [3.05, 3.63) is 142 Å². The van der Waals surface area contributed by atoms with Gasteiger partial charge in [0, 0.05) is 22.1 Å².